The Morgan fingerprint density at radius 3 is 2.72 bits per heavy atom. The molecule has 1 saturated heterocycles. The molecule has 1 atom stereocenters. The summed E-state index contributed by atoms with van der Waals surface area (Å²) in [7, 11) is 1.67. The Bertz CT molecular complexity index is 1030. The second-order valence-corrected chi connectivity index (χ2v) is 9.10. The Morgan fingerprint density at radius 1 is 1.12 bits per heavy atom. The molecule has 2 aliphatic heterocycles. The van der Waals surface area contributed by atoms with Crippen LogP contribution in [0.3, 0.4) is 0 Å². The zero-order valence-corrected chi connectivity index (χ0v) is 18.9. The van der Waals surface area contributed by atoms with Crippen LogP contribution in [0, 0.1) is 5.92 Å². The maximum Gasteiger partial charge on any atom is 0.223 e. The molecule has 2 aromatic rings. The van der Waals surface area contributed by atoms with Crippen LogP contribution in [0.15, 0.2) is 47.5 Å². The zero-order valence-electron chi connectivity index (χ0n) is 18.9. The lowest BCUT2D eigenvalue weighted by atomic mass is 10.0. The van der Waals surface area contributed by atoms with Crippen LogP contribution in [-0.2, 0) is 4.79 Å². The summed E-state index contributed by atoms with van der Waals surface area (Å²) in [4.78, 5) is 22.4. The highest BCUT2D eigenvalue weighted by atomic mass is 16.5. The minimum atomic E-state index is 0.133. The number of para-hydroxylation sites is 2. The predicted molar refractivity (Wildman–Crippen MR) is 125 cm³/mol. The number of amidine groups is 1. The highest BCUT2D eigenvalue weighted by molar-refractivity contribution is 6.04. The predicted octanol–water partition coefficient (Wildman–Crippen LogP) is 4.99. The fraction of sp³-hybridized carbons (Fsp3) is 0.462. The number of rotatable bonds is 3. The molecule has 0 aromatic heterocycles. The summed E-state index contributed by atoms with van der Waals surface area (Å²) in [6.45, 7) is 4.35. The standard InChI is InChI=1S/C26H31N3O3/c1-18-17-28(13-14-29(18)25(30)15-19-7-3-4-8-19)26-21-16-20(31-2)11-12-23(21)32-24-10-6-5-9-22(24)27-26/h5-6,9-12,16,18-19H,3-4,7-8,13-15,17H2,1-2H3. The van der Waals surface area contributed by atoms with Gasteiger partial charge in [0.25, 0.3) is 0 Å². The minimum Gasteiger partial charge on any atom is -0.497 e. The molecule has 0 radical (unpaired) electrons. The average Bonchev–Trinajstić information content (AvgIpc) is 3.25. The molecule has 1 unspecified atom stereocenters. The van der Waals surface area contributed by atoms with Crippen molar-refractivity contribution in [3.8, 4) is 17.2 Å². The molecule has 0 bridgehead atoms. The molecule has 1 saturated carbocycles. The minimum absolute atomic E-state index is 0.133. The van der Waals surface area contributed by atoms with E-state index in [4.69, 9.17) is 14.5 Å². The number of nitrogens with zero attached hydrogens (tertiary/aromatic N) is 3. The second-order valence-electron chi connectivity index (χ2n) is 9.10. The van der Waals surface area contributed by atoms with Crippen LogP contribution in [0.4, 0.5) is 5.69 Å². The largest absolute Gasteiger partial charge is 0.497 e. The Hall–Kier alpha value is -3.02. The van der Waals surface area contributed by atoms with Gasteiger partial charge in [0.2, 0.25) is 5.91 Å². The number of amides is 1. The van der Waals surface area contributed by atoms with Gasteiger partial charge in [-0.3, -0.25) is 4.79 Å². The first-order chi connectivity index (χ1) is 15.6. The van der Waals surface area contributed by atoms with Gasteiger partial charge in [0.15, 0.2) is 5.75 Å². The third-order valence-corrected chi connectivity index (χ3v) is 6.92. The molecule has 5 rings (SSSR count). The zero-order chi connectivity index (χ0) is 22.1. The van der Waals surface area contributed by atoms with Gasteiger partial charge in [-0.05, 0) is 56.0 Å². The Morgan fingerprint density at radius 2 is 1.94 bits per heavy atom. The van der Waals surface area contributed by atoms with Crippen molar-refractivity contribution in [2.75, 3.05) is 26.7 Å². The number of carbonyl (C=O) groups is 1. The van der Waals surface area contributed by atoms with Crippen molar-refractivity contribution < 1.29 is 14.3 Å². The van der Waals surface area contributed by atoms with E-state index in [-0.39, 0.29) is 6.04 Å². The molecular formula is C26H31N3O3. The molecule has 0 spiro atoms. The Kier molecular flexibility index (Phi) is 5.77. The summed E-state index contributed by atoms with van der Waals surface area (Å²) in [6.07, 6.45) is 5.65. The van der Waals surface area contributed by atoms with E-state index in [1.54, 1.807) is 7.11 Å². The number of aliphatic imine (C=N–C) groups is 1. The molecule has 168 valence electrons. The van der Waals surface area contributed by atoms with Crippen molar-refractivity contribution in [3.63, 3.8) is 0 Å². The van der Waals surface area contributed by atoms with Gasteiger partial charge in [-0.15, -0.1) is 0 Å². The molecule has 6 heteroatoms. The summed E-state index contributed by atoms with van der Waals surface area (Å²) in [5.74, 6) is 4.03. The summed E-state index contributed by atoms with van der Waals surface area (Å²) in [5, 5.41) is 0. The lowest BCUT2D eigenvalue weighted by Gasteiger charge is -2.41. The van der Waals surface area contributed by atoms with E-state index in [2.05, 4.69) is 16.7 Å². The molecule has 32 heavy (non-hydrogen) atoms. The van der Waals surface area contributed by atoms with E-state index in [1.165, 1.54) is 25.7 Å². The van der Waals surface area contributed by atoms with Gasteiger partial charge in [0.05, 0.1) is 12.7 Å². The van der Waals surface area contributed by atoms with Crippen molar-refractivity contribution in [2.24, 2.45) is 10.9 Å². The smallest absolute Gasteiger partial charge is 0.223 e. The molecule has 6 nitrogen and oxygen atoms in total. The van der Waals surface area contributed by atoms with Crippen LogP contribution in [0.2, 0.25) is 0 Å². The van der Waals surface area contributed by atoms with Crippen molar-refractivity contribution >= 4 is 17.4 Å². The van der Waals surface area contributed by atoms with E-state index in [0.717, 1.165) is 47.4 Å². The van der Waals surface area contributed by atoms with Crippen LogP contribution in [0.5, 0.6) is 17.2 Å². The first-order valence-corrected chi connectivity index (χ1v) is 11.7. The Labute approximate surface area is 189 Å². The second kappa shape index (κ2) is 8.85. The van der Waals surface area contributed by atoms with E-state index >= 15 is 0 Å². The molecule has 2 aromatic carbocycles. The van der Waals surface area contributed by atoms with Gasteiger partial charge in [-0.2, -0.15) is 0 Å². The lowest BCUT2D eigenvalue weighted by Crippen LogP contribution is -2.55. The van der Waals surface area contributed by atoms with Gasteiger partial charge >= 0.3 is 0 Å². The number of benzene rings is 2. The van der Waals surface area contributed by atoms with Crippen molar-refractivity contribution in [1.82, 2.24) is 9.80 Å². The number of piperazine rings is 1. The fourth-order valence-electron chi connectivity index (χ4n) is 5.17. The number of ether oxygens (including phenoxy) is 2. The van der Waals surface area contributed by atoms with E-state index in [9.17, 15) is 4.79 Å². The van der Waals surface area contributed by atoms with Crippen LogP contribution in [0.25, 0.3) is 0 Å². The number of fused-ring (bicyclic) bond motifs is 2. The summed E-state index contributed by atoms with van der Waals surface area (Å²) >= 11 is 0. The SMILES string of the molecule is COc1ccc2c(c1)C(N1CCN(C(=O)CC3CCCC3)C(C)C1)=Nc1ccccc1O2. The third-order valence-electron chi connectivity index (χ3n) is 6.92. The molecule has 2 heterocycles. The fourth-order valence-corrected chi connectivity index (χ4v) is 5.17. The first-order valence-electron chi connectivity index (χ1n) is 11.7. The molecule has 0 N–H and O–H groups in total. The summed E-state index contributed by atoms with van der Waals surface area (Å²) < 4.78 is 11.7. The Balaban J connectivity index is 1.41. The number of methoxy groups -OCH3 is 1. The van der Waals surface area contributed by atoms with Gasteiger partial charge in [0.1, 0.15) is 23.0 Å². The van der Waals surface area contributed by atoms with Crippen LogP contribution >= 0.6 is 0 Å². The monoisotopic (exact) mass is 433 g/mol. The highest BCUT2D eigenvalue weighted by Crippen LogP contribution is 2.39. The quantitative estimate of drug-likeness (QED) is 0.684. The highest BCUT2D eigenvalue weighted by Gasteiger charge is 2.32. The molecule has 1 amide bonds. The van der Waals surface area contributed by atoms with Gasteiger partial charge in [-0.25, -0.2) is 4.99 Å². The average molecular weight is 434 g/mol. The molecular weight excluding hydrogens is 402 g/mol. The van der Waals surface area contributed by atoms with Gasteiger partial charge in [0, 0.05) is 32.1 Å². The molecule has 2 fully saturated rings. The van der Waals surface area contributed by atoms with Crippen LogP contribution in [0.1, 0.15) is 44.6 Å². The van der Waals surface area contributed by atoms with E-state index < -0.39 is 0 Å². The van der Waals surface area contributed by atoms with Crippen molar-refractivity contribution in [3.05, 3.63) is 48.0 Å². The number of carbonyl (C=O) groups excluding carboxylic acids is 1. The van der Waals surface area contributed by atoms with Crippen LogP contribution in [-0.4, -0.2) is 54.3 Å². The normalized spacial score (nSPS) is 20.7. The van der Waals surface area contributed by atoms with E-state index in [1.807, 2.05) is 42.5 Å². The topological polar surface area (TPSA) is 54.4 Å². The summed E-state index contributed by atoms with van der Waals surface area (Å²) in [6, 6.07) is 13.8. The molecule has 3 aliphatic rings. The maximum absolute atomic E-state index is 13.0. The van der Waals surface area contributed by atoms with Gasteiger partial charge < -0.3 is 19.3 Å². The van der Waals surface area contributed by atoms with Crippen LogP contribution < -0.4 is 9.47 Å². The molecule has 1 aliphatic carbocycles. The number of hydrogen-bond acceptors (Lipinski definition) is 5. The summed E-state index contributed by atoms with van der Waals surface area (Å²) in [5.41, 5.74) is 1.73. The van der Waals surface area contributed by atoms with Gasteiger partial charge in [-0.1, -0.05) is 25.0 Å². The third kappa shape index (κ3) is 4.06. The van der Waals surface area contributed by atoms with E-state index in [0.29, 0.717) is 24.8 Å². The maximum atomic E-state index is 13.0. The first kappa shape index (κ1) is 20.9. The van der Waals surface area contributed by atoms with Crippen molar-refractivity contribution in [1.29, 1.82) is 0 Å². The van der Waals surface area contributed by atoms with Crippen molar-refractivity contribution in [2.45, 2.75) is 45.1 Å². The number of hydrogen-bond donors (Lipinski definition) is 0. The lowest BCUT2D eigenvalue weighted by molar-refractivity contribution is -0.135.